The minimum Gasteiger partial charge on any atom is -0.468 e. The zero-order valence-corrected chi connectivity index (χ0v) is 9.50. The first-order chi connectivity index (χ1) is 7.17. The highest BCUT2D eigenvalue weighted by Gasteiger charge is 2.21. The second-order valence-electron chi connectivity index (χ2n) is 3.37. The number of hydrogen-bond donors (Lipinski definition) is 0. The topological polar surface area (TPSA) is 49.9 Å². The fourth-order valence-corrected chi connectivity index (χ4v) is 1.66. The van der Waals surface area contributed by atoms with E-state index in [4.69, 9.17) is 11.6 Å². The second-order valence-corrected chi connectivity index (χ2v) is 3.63. The number of rotatable bonds is 3. The molecule has 0 aliphatic carbocycles. The molecular weight excluding hydrogens is 220 g/mol. The molecule has 1 fully saturated rings. The molecule has 1 amide bonds. The summed E-state index contributed by atoms with van der Waals surface area (Å²) in [7, 11) is 1.37. The Hall–Kier alpha value is -0.810. The fraction of sp³-hybridized carbons (Fsp3) is 0.778. The normalized spacial score (nSPS) is 17.6. The van der Waals surface area contributed by atoms with Gasteiger partial charge >= 0.3 is 5.97 Å². The lowest BCUT2D eigenvalue weighted by molar-refractivity contribution is -0.142. The smallest absolute Gasteiger partial charge is 0.319 e. The molecule has 0 spiro atoms. The van der Waals surface area contributed by atoms with Gasteiger partial charge in [-0.15, -0.1) is 11.6 Å². The number of ether oxygens (including phenoxy) is 1. The monoisotopic (exact) mass is 234 g/mol. The lowest BCUT2D eigenvalue weighted by atomic mass is 10.3. The van der Waals surface area contributed by atoms with Gasteiger partial charge in [-0.3, -0.25) is 14.5 Å². The Balaban J connectivity index is 2.29. The molecule has 0 atom stereocenters. The highest BCUT2D eigenvalue weighted by molar-refractivity contribution is 6.27. The number of piperazine rings is 1. The van der Waals surface area contributed by atoms with Crippen LogP contribution in [0.2, 0.25) is 0 Å². The molecule has 0 aromatic carbocycles. The van der Waals surface area contributed by atoms with Crippen LogP contribution in [0.25, 0.3) is 0 Å². The molecule has 86 valence electrons. The van der Waals surface area contributed by atoms with E-state index in [1.165, 1.54) is 7.11 Å². The van der Waals surface area contributed by atoms with Gasteiger partial charge in [-0.05, 0) is 0 Å². The van der Waals surface area contributed by atoms with Crippen LogP contribution in [-0.4, -0.2) is 67.4 Å². The van der Waals surface area contributed by atoms with E-state index in [0.29, 0.717) is 32.7 Å². The van der Waals surface area contributed by atoms with E-state index >= 15 is 0 Å². The molecule has 1 aliphatic rings. The lowest BCUT2D eigenvalue weighted by Crippen LogP contribution is -2.50. The Labute approximate surface area is 93.9 Å². The number of hydrogen-bond acceptors (Lipinski definition) is 4. The van der Waals surface area contributed by atoms with Gasteiger partial charge < -0.3 is 9.64 Å². The predicted octanol–water partition coefficient (Wildman–Crippen LogP) is -0.458. The molecular formula is C9H15ClN2O3. The van der Waals surface area contributed by atoms with Crippen LogP contribution in [0.1, 0.15) is 0 Å². The number of carbonyl (C=O) groups is 2. The first-order valence-electron chi connectivity index (χ1n) is 4.80. The molecule has 15 heavy (non-hydrogen) atoms. The van der Waals surface area contributed by atoms with Gasteiger partial charge in [0.05, 0.1) is 13.7 Å². The van der Waals surface area contributed by atoms with Gasteiger partial charge in [0.2, 0.25) is 5.91 Å². The van der Waals surface area contributed by atoms with Crippen molar-refractivity contribution in [2.24, 2.45) is 0 Å². The third kappa shape index (κ3) is 3.68. The first kappa shape index (κ1) is 12.3. The van der Waals surface area contributed by atoms with Crippen molar-refractivity contribution in [3.05, 3.63) is 0 Å². The van der Waals surface area contributed by atoms with Crippen molar-refractivity contribution in [2.75, 3.05) is 45.7 Å². The maximum Gasteiger partial charge on any atom is 0.319 e. The Morgan fingerprint density at radius 1 is 1.27 bits per heavy atom. The Kier molecular flexibility index (Phi) is 4.84. The molecule has 0 bridgehead atoms. The number of amides is 1. The van der Waals surface area contributed by atoms with Crippen molar-refractivity contribution in [1.29, 1.82) is 0 Å². The van der Waals surface area contributed by atoms with E-state index in [1.807, 2.05) is 4.90 Å². The van der Waals surface area contributed by atoms with Crippen molar-refractivity contribution in [1.82, 2.24) is 9.80 Å². The molecule has 1 saturated heterocycles. The minimum absolute atomic E-state index is 0.0248. The zero-order chi connectivity index (χ0) is 11.3. The Morgan fingerprint density at radius 3 is 2.33 bits per heavy atom. The van der Waals surface area contributed by atoms with Crippen molar-refractivity contribution in [3.8, 4) is 0 Å². The summed E-state index contributed by atoms with van der Waals surface area (Å²) < 4.78 is 4.57. The first-order valence-corrected chi connectivity index (χ1v) is 5.33. The summed E-state index contributed by atoms with van der Waals surface area (Å²) in [4.78, 5) is 25.9. The highest BCUT2D eigenvalue weighted by Crippen LogP contribution is 2.02. The van der Waals surface area contributed by atoms with E-state index in [0.717, 1.165) is 0 Å². The van der Waals surface area contributed by atoms with Gasteiger partial charge in [0.15, 0.2) is 0 Å². The average molecular weight is 235 g/mol. The summed E-state index contributed by atoms with van der Waals surface area (Å²) in [5.74, 6) is -0.265. The van der Waals surface area contributed by atoms with Gasteiger partial charge in [-0.2, -0.15) is 0 Å². The van der Waals surface area contributed by atoms with Crippen molar-refractivity contribution < 1.29 is 14.3 Å². The van der Waals surface area contributed by atoms with Crippen molar-refractivity contribution in [3.63, 3.8) is 0 Å². The van der Waals surface area contributed by atoms with E-state index in [-0.39, 0.29) is 17.8 Å². The van der Waals surface area contributed by atoms with Gasteiger partial charge in [-0.1, -0.05) is 0 Å². The van der Waals surface area contributed by atoms with Gasteiger partial charge in [0.25, 0.3) is 0 Å². The van der Waals surface area contributed by atoms with Gasteiger partial charge in [0.1, 0.15) is 5.88 Å². The predicted molar refractivity (Wildman–Crippen MR) is 55.8 cm³/mol. The van der Waals surface area contributed by atoms with Gasteiger partial charge in [-0.25, -0.2) is 0 Å². The summed E-state index contributed by atoms with van der Waals surface area (Å²) in [6, 6.07) is 0. The quantitative estimate of drug-likeness (QED) is 0.490. The number of nitrogens with zero attached hydrogens (tertiary/aromatic N) is 2. The third-order valence-electron chi connectivity index (χ3n) is 2.42. The van der Waals surface area contributed by atoms with Crippen LogP contribution in [0.4, 0.5) is 0 Å². The van der Waals surface area contributed by atoms with Gasteiger partial charge in [0, 0.05) is 26.2 Å². The molecule has 0 saturated carbocycles. The largest absolute Gasteiger partial charge is 0.468 e. The Bertz CT molecular complexity index is 240. The number of alkyl halides is 1. The molecule has 1 aliphatic heterocycles. The molecule has 0 aromatic heterocycles. The lowest BCUT2D eigenvalue weighted by Gasteiger charge is -2.33. The highest BCUT2D eigenvalue weighted by atomic mass is 35.5. The van der Waals surface area contributed by atoms with Crippen molar-refractivity contribution in [2.45, 2.75) is 0 Å². The number of halogens is 1. The molecule has 1 heterocycles. The molecule has 0 aromatic rings. The van der Waals surface area contributed by atoms with Crippen LogP contribution >= 0.6 is 11.6 Å². The fourth-order valence-electron chi connectivity index (χ4n) is 1.49. The van der Waals surface area contributed by atoms with Crippen LogP contribution in [0.15, 0.2) is 0 Å². The van der Waals surface area contributed by atoms with E-state index in [2.05, 4.69) is 4.74 Å². The van der Waals surface area contributed by atoms with E-state index in [9.17, 15) is 9.59 Å². The van der Waals surface area contributed by atoms with E-state index in [1.54, 1.807) is 4.90 Å². The SMILES string of the molecule is COC(=O)CN1CCN(C(=O)CCl)CC1. The average Bonchev–Trinajstić information content (AvgIpc) is 2.29. The maximum atomic E-state index is 11.2. The van der Waals surface area contributed by atoms with E-state index < -0.39 is 0 Å². The summed E-state index contributed by atoms with van der Waals surface area (Å²) in [5.41, 5.74) is 0. The summed E-state index contributed by atoms with van der Waals surface area (Å²) in [6.45, 7) is 2.93. The second kappa shape index (κ2) is 5.92. The van der Waals surface area contributed by atoms with Crippen LogP contribution < -0.4 is 0 Å². The van der Waals surface area contributed by atoms with Crippen molar-refractivity contribution >= 4 is 23.5 Å². The number of carbonyl (C=O) groups excluding carboxylic acids is 2. The van der Waals surface area contributed by atoms with Crippen LogP contribution in [0, 0.1) is 0 Å². The summed E-state index contributed by atoms with van der Waals surface area (Å²) in [6.07, 6.45) is 0. The van der Waals surface area contributed by atoms with Crippen LogP contribution in [0.5, 0.6) is 0 Å². The molecule has 5 nitrogen and oxygen atoms in total. The summed E-state index contributed by atoms with van der Waals surface area (Å²) in [5, 5.41) is 0. The minimum atomic E-state index is -0.243. The number of esters is 1. The van der Waals surface area contributed by atoms with Crippen LogP contribution in [-0.2, 0) is 14.3 Å². The zero-order valence-electron chi connectivity index (χ0n) is 8.74. The molecule has 1 rings (SSSR count). The van der Waals surface area contributed by atoms with Crippen LogP contribution in [0.3, 0.4) is 0 Å². The molecule has 6 heteroatoms. The number of methoxy groups -OCH3 is 1. The molecule has 0 radical (unpaired) electrons. The maximum absolute atomic E-state index is 11.2. The standard InChI is InChI=1S/C9H15ClN2O3/c1-15-9(14)7-11-2-4-12(5-3-11)8(13)6-10/h2-7H2,1H3. The molecule has 0 unspecified atom stereocenters. The molecule has 0 N–H and O–H groups in total. The summed E-state index contributed by atoms with van der Waals surface area (Å²) >= 11 is 5.45. The third-order valence-corrected chi connectivity index (χ3v) is 2.65. The Morgan fingerprint density at radius 2 is 1.87 bits per heavy atom.